The summed E-state index contributed by atoms with van der Waals surface area (Å²) >= 11 is 0. The predicted octanol–water partition coefficient (Wildman–Crippen LogP) is 3.12. The Balaban J connectivity index is 1.59. The summed E-state index contributed by atoms with van der Waals surface area (Å²) in [5.74, 6) is -0.445. The first-order chi connectivity index (χ1) is 18.3. The average Bonchev–Trinajstić information content (AvgIpc) is 3.23. The summed E-state index contributed by atoms with van der Waals surface area (Å²) in [6.07, 6.45) is 5.25. The van der Waals surface area contributed by atoms with E-state index in [1.165, 1.54) is 20.3 Å². The van der Waals surface area contributed by atoms with Gasteiger partial charge >= 0.3 is 5.69 Å². The monoisotopic (exact) mass is 516 g/mol. The zero-order valence-corrected chi connectivity index (χ0v) is 21.9. The highest BCUT2D eigenvalue weighted by molar-refractivity contribution is 5.98. The lowest BCUT2D eigenvalue weighted by molar-refractivity contribution is -0.119. The molecule has 0 aliphatic heterocycles. The van der Waals surface area contributed by atoms with Crippen molar-refractivity contribution in [2.45, 2.75) is 64.6 Å². The van der Waals surface area contributed by atoms with Crippen molar-refractivity contribution in [3.8, 4) is 0 Å². The van der Waals surface area contributed by atoms with Crippen LogP contribution in [0, 0.1) is 0 Å². The van der Waals surface area contributed by atoms with Gasteiger partial charge in [0.05, 0.1) is 10.9 Å². The Labute approximate surface area is 219 Å². The van der Waals surface area contributed by atoms with Gasteiger partial charge < -0.3 is 10.2 Å². The highest BCUT2D eigenvalue weighted by Crippen LogP contribution is 2.20. The molecule has 0 radical (unpaired) electrons. The Bertz CT molecular complexity index is 1630. The van der Waals surface area contributed by atoms with Crippen LogP contribution in [0.5, 0.6) is 0 Å². The van der Waals surface area contributed by atoms with E-state index in [4.69, 9.17) is 0 Å². The molecule has 0 saturated heterocycles. The fraction of sp³-hybridized carbons (Fsp3) is 0.393. The highest BCUT2D eigenvalue weighted by Gasteiger charge is 2.23. The first kappa shape index (κ1) is 25.4. The lowest BCUT2D eigenvalue weighted by Gasteiger charge is -2.22. The molecule has 2 amide bonds. The van der Waals surface area contributed by atoms with Crippen molar-refractivity contribution < 1.29 is 9.59 Å². The van der Waals surface area contributed by atoms with E-state index in [0.717, 1.165) is 30.4 Å². The molecule has 4 aromatic rings. The number of amides is 2. The molecule has 10 heteroatoms. The molecule has 1 saturated carbocycles. The number of nitrogens with zero attached hydrogens (tertiary/aromatic N) is 5. The first-order valence-corrected chi connectivity index (χ1v) is 13.1. The Morgan fingerprint density at radius 3 is 2.45 bits per heavy atom. The Morgan fingerprint density at radius 2 is 1.76 bits per heavy atom. The second-order valence-electron chi connectivity index (χ2n) is 10.2. The summed E-state index contributed by atoms with van der Waals surface area (Å²) in [4.78, 5) is 54.6. The predicted molar refractivity (Wildman–Crippen MR) is 146 cm³/mol. The number of rotatable bonds is 6. The summed E-state index contributed by atoms with van der Waals surface area (Å²) in [6.45, 7) is 3.36. The molecular formula is C28H32N6O4. The molecule has 5 rings (SSSR count). The van der Waals surface area contributed by atoms with E-state index in [0.29, 0.717) is 22.2 Å². The van der Waals surface area contributed by atoms with Gasteiger partial charge in [0.25, 0.3) is 11.5 Å². The molecular weight excluding hydrogens is 484 g/mol. The molecule has 0 bridgehead atoms. The number of likely N-dealkylation sites (N-methyl/N-ethyl adjacent to an activating group) is 1. The van der Waals surface area contributed by atoms with Gasteiger partial charge in [-0.3, -0.25) is 19.0 Å². The van der Waals surface area contributed by atoms with Gasteiger partial charge in [-0.15, -0.1) is 5.10 Å². The van der Waals surface area contributed by atoms with E-state index >= 15 is 0 Å². The minimum absolute atomic E-state index is 0.124. The quantitative estimate of drug-likeness (QED) is 0.423. The molecule has 10 nitrogen and oxygen atoms in total. The van der Waals surface area contributed by atoms with Crippen LogP contribution in [0.3, 0.4) is 0 Å². The number of aromatic nitrogens is 4. The standard InChI is InChI=1S/C28H32N6O4/c1-18(2)33-26(37)22-15-14-19(25(36)29-20-10-6-4-7-11-20)16-23(22)34-27(33)30-32(28(34)38)17-24(35)31(3)21-12-8-5-9-13-21/h5,8-9,12-16,18,20H,4,6-7,10-11,17H2,1-3H3,(H,29,36). The van der Waals surface area contributed by atoms with Crippen LogP contribution in [0.15, 0.2) is 58.1 Å². The van der Waals surface area contributed by atoms with E-state index in [1.54, 1.807) is 37.4 Å². The van der Waals surface area contributed by atoms with Crippen LogP contribution in [0.1, 0.15) is 62.4 Å². The maximum absolute atomic E-state index is 13.6. The van der Waals surface area contributed by atoms with Gasteiger partial charge in [-0.2, -0.15) is 0 Å². The van der Waals surface area contributed by atoms with Crippen molar-refractivity contribution in [2.75, 3.05) is 11.9 Å². The molecule has 2 aromatic carbocycles. The van der Waals surface area contributed by atoms with Crippen molar-refractivity contribution in [3.05, 3.63) is 74.9 Å². The van der Waals surface area contributed by atoms with Crippen LogP contribution in [0.4, 0.5) is 5.69 Å². The van der Waals surface area contributed by atoms with E-state index < -0.39 is 5.69 Å². The summed E-state index contributed by atoms with van der Waals surface area (Å²) in [7, 11) is 1.63. The number of hydrogen-bond acceptors (Lipinski definition) is 5. The Hall–Kier alpha value is -4.21. The molecule has 1 N–H and O–H groups in total. The van der Waals surface area contributed by atoms with E-state index in [9.17, 15) is 19.2 Å². The number of carbonyl (C=O) groups excluding carboxylic acids is 2. The molecule has 1 fully saturated rings. The van der Waals surface area contributed by atoms with Crippen molar-refractivity contribution in [3.63, 3.8) is 0 Å². The fourth-order valence-electron chi connectivity index (χ4n) is 5.14. The number of hydrogen-bond donors (Lipinski definition) is 1. The SMILES string of the molecule is CC(C)n1c(=O)c2ccc(C(=O)NC3CCCCC3)cc2n2c(=O)n(CC(=O)N(C)c3ccccc3)nc12. The first-order valence-electron chi connectivity index (χ1n) is 13.1. The normalized spacial score (nSPS) is 14.3. The van der Waals surface area contributed by atoms with Crippen LogP contribution in [-0.2, 0) is 11.3 Å². The number of anilines is 1. The molecule has 198 valence electrons. The summed E-state index contributed by atoms with van der Waals surface area (Å²) in [5.41, 5.74) is 0.474. The van der Waals surface area contributed by atoms with Gasteiger partial charge in [-0.25, -0.2) is 13.9 Å². The number of para-hydroxylation sites is 1. The van der Waals surface area contributed by atoms with E-state index in [2.05, 4.69) is 10.4 Å². The average molecular weight is 517 g/mol. The van der Waals surface area contributed by atoms with Gasteiger partial charge in [0.1, 0.15) is 6.54 Å². The molecule has 0 atom stereocenters. The van der Waals surface area contributed by atoms with E-state index in [-0.39, 0.29) is 41.8 Å². The van der Waals surface area contributed by atoms with Gasteiger partial charge in [0, 0.05) is 30.4 Å². The third-order valence-corrected chi connectivity index (χ3v) is 7.25. The van der Waals surface area contributed by atoms with Gasteiger partial charge in [0.15, 0.2) is 0 Å². The molecule has 0 spiro atoms. The largest absolute Gasteiger partial charge is 0.352 e. The molecule has 2 aromatic heterocycles. The van der Waals surface area contributed by atoms with Gasteiger partial charge in [0.2, 0.25) is 11.7 Å². The maximum atomic E-state index is 13.6. The van der Waals surface area contributed by atoms with Gasteiger partial charge in [-0.05, 0) is 57.0 Å². The van der Waals surface area contributed by atoms with Crippen LogP contribution in [0.2, 0.25) is 0 Å². The molecule has 1 aliphatic carbocycles. The molecule has 0 unspecified atom stereocenters. The summed E-state index contributed by atoms with van der Waals surface area (Å²) < 4.78 is 3.83. The van der Waals surface area contributed by atoms with Crippen LogP contribution in [0.25, 0.3) is 16.7 Å². The third-order valence-electron chi connectivity index (χ3n) is 7.25. The maximum Gasteiger partial charge on any atom is 0.352 e. The molecule has 38 heavy (non-hydrogen) atoms. The van der Waals surface area contributed by atoms with E-state index in [1.807, 2.05) is 32.0 Å². The number of fused-ring (bicyclic) bond motifs is 3. The minimum Gasteiger partial charge on any atom is -0.349 e. The Morgan fingerprint density at radius 1 is 1.05 bits per heavy atom. The molecule has 1 aliphatic rings. The fourth-order valence-corrected chi connectivity index (χ4v) is 5.14. The number of nitrogens with one attached hydrogen (secondary N) is 1. The lowest BCUT2D eigenvalue weighted by atomic mass is 9.95. The Kier molecular flexibility index (Phi) is 6.88. The number of carbonyl (C=O) groups is 2. The second-order valence-corrected chi connectivity index (χ2v) is 10.2. The molecule has 2 heterocycles. The van der Waals surface area contributed by atoms with Crippen LogP contribution >= 0.6 is 0 Å². The zero-order chi connectivity index (χ0) is 27.0. The highest BCUT2D eigenvalue weighted by atomic mass is 16.2. The summed E-state index contributed by atoms with van der Waals surface area (Å²) in [5, 5.41) is 7.80. The van der Waals surface area contributed by atoms with Gasteiger partial charge in [-0.1, -0.05) is 37.5 Å². The smallest absolute Gasteiger partial charge is 0.349 e. The minimum atomic E-state index is -0.556. The van der Waals surface area contributed by atoms with Crippen molar-refractivity contribution in [1.82, 2.24) is 24.1 Å². The van der Waals surface area contributed by atoms with Crippen molar-refractivity contribution >= 4 is 34.2 Å². The third kappa shape index (κ3) is 4.62. The van der Waals surface area contributed by atoms with Crippen molar-refractivity contribution in [1.29, 1.82) is 0 Å². The van der Waals surface area contributed by atoms with Crippen LogP contribution in [-0.4, -0.2) is 43.7 Å². The summed E-state index contributed by atoms with van der Waals surface area (Å²) in [6, 6.07) is 13.7. The van der Waals surface area contributed by atoms with Crippen LogP contribution < -0.4 is 21.5 Å². The number of benzene rings is 2. The topological polar surface area (TPSA) is 111 Å². The zero-order valence-electron chi connectivity index (χ0n) is 21.9. The lowest BCUT2D eigenvalue weighted by Crippen LogP contribution is -2.36. The van der Waals surface area contributed by atoms with Crippen molar-refractivity contribution in [2.24, 2.45) is 0 Å². The second kappa shape index (κ2) is 10.3.